The molecular weight excluding hydrogens is 154 g/mol. The molecule has 1 atom stereocenters. The van der Waals surface area contributed by atoms with Crippen molar-refractivity contribution < 1.29 is 9.53 Å². The van der Waals surface area contributed by atoms with E-state index in [0.29, 0.717) is 6.42 Å². The summed E-state index contributed by atoms with van der Waals surface area (Å²) in [6.07, 6.45) is 2.57. The maximum Gasteiger partial charge on any atom is 0.306 e. The van der Waals surface area contributed by atoms with Gasteiger partial charge in [0.2, 0.25) is 0 Å². The smallest absolute Gasteiger partial charge is 0.306 e. The van der Waals surface area contributed by atoms with Crippen LogP contribution in [0.4, 0.5) is 0 Å². The van der Waals surface area contributed by atoms with Gasteiger partial charge in [-0.05, 0) is 19.9 Å². The third-order valence-corrected chi connectivity index (χ3v) is 2.10. The SMILES string of the molecule is CCCC(=O)O[C@@H]1CCN(C)C1. The zero-order valence-electron chi connectivity index (χ0n) is 7.88. The van der Waals surface area contributed by atoms with Crippen LogP contribution in [0.2, 0.25) is 0 Å². The highest BCUT2D eigenvalue weighted by Crippen LogP contribution is 2.11. The third kappa shape index (κ3) is 2.81. The van der Waals surface area contributed by atoms with Crippen LogP contribution in [0.5, 0.6) is 0 Å². The molecule has 0 bridgehead atoms. The van der Waals surface area contributed by atoms with E-state index in [2.05, 4.69) is 4.90 Å². The Hall–Kier alpha value is -0.570. The Morgan fingerprint density at radius 1 is 1.67 bits per heavy atom. The second-order valence-electron chi connectivity index (χ2n) is 3.41. The second-order valence-corrected chi connectivity index (χ2v) is 3.41. The Morgan fingerprint density at radius 3 is 2.92 bits per heavy atom. The molecule has 12 heavy (non-hydrogen) atoms. The third-order valence-electron chi connectivity index (χ3n) is 2.10. The van der Waals surface area contributed by atoms with Crippen molar-refractivity contribution in [1.82, 2.24) is 4.90 Å². The van der Waals surface area contributed by atoms with Gasteiger partial charge < -0.3 is 9.64 Å². The van der Waals surface area contributed by atoms with Crippen molar-refractivity contribution in [3.8, 4) is 0 Å². The van der Waals surface area contributed by atoms with E-state index in [4.69, 9.17) is 4.74 Å². The lowest BCUT2D eigenvalue weighted by atomic mass is 10.3. The number of likely N-dealkylation sites (N-methyl/N-ethyl adjacent to an activating group) is 1. The van der Waals surface area contributed by atoms with Crippen LogP contribution >= 0.6 is 0 Å². The number of esters is 1. The molecule has 1 saturated heterocycles. The lowest BCUT2D eigenvalue weighted by Gasteiger charge is -2.11. The number of nitrogens with zero attached hydrogens (tertiary/aromatic N) is 1. The molecule has 3 heteroatoms. The van der Waals surface area contributed by atoms with Crippen LogP contribution in [0.3, 0.4) is 0 Å². The first-order chi connectivity index (χ1) is 5.72. The zero-order valence-corrected chi connectivity index (χ0v) is 7.88. The molecule has 0 aliphatic carbocycles. The number of carbonyl (C=O) groups is 1. The zero-order chi connectivity index (χ0) is 8.97. The van der Waals surface area contributed by atoms with Crippen LogP contribution in [0.15, 0.2) is 0 Å². The molecular formula is C9H17NO2. The molecule has 0 radical (unpaired) electrons. The summed E-state index contributed by atoms with van der Waals surface area (Å²) in [7, 11) is 2.05. The normalized spacial score (nSPS) is 24.3. The van der Waals surface area contributed by atoms with Crippen molar-refractivity contribution in [3.63, 3.8) is 0 Å². The van der Waals surface area contributed by atoms with Crippen LogP contribution in [-0.4, -0.2) is 37.1 Å². The Labute approximate surface area is 73.7 Å². The molecule has 1 heterocycles. The Bertz CT molecular complexity index is 159. The summed E-state index contributed by atoms with van der Waals surface area (Å²) < 4.78 is 5.24. The molecule has 1 rings (SSSR count). The molecule has 0 aromatic rings. The van der Waals surface area contributed by atoms with Gasteiger partial charge in [0.15, 0.2) is 0 Å². The van der Waals surface area contributed by atoms with Gasteiger partial charge in [0.25, 0.3) is 0 Å². The molecule has 0 aromatic heterocycles. The maximum absolute atomic E-state index is 11.1. The summed E-state index contributed by atoms with van der Waals surface area (Å²) in [4.78, 5) is 13.2. The van der Waals surface area contributed by atoms with E-state index in [1.807, 2.05) is 14.0 Å². The van der Waals surface area contributed by atoms with Gasteiger partial charge in [-0.1, -0.05) is 6.92 Å². The van der Waals surface area contributed by atoms with Gasteiger partial charge >= 0.3 is 5.97 Å². The van der Waals surface area contributed by atoms with Crippen molar-refractivity contribution in [3.05, 3.63) is 0 Å². The topological polar surface area (TPSA) is 29.5 Å². The van der Waals surface area contributed by atoms with Gasteiger partial charge in [0.1, 0.15) is 6.10 Å². The van der Waals surface area contributed by atoms with E-state index in [1.54, 1.807) is 0 Å². The number of likely N-dealkylation sites (tertiary alicyclic amines) is 1. The van der Waals surface area contributed by atoms with E-state index >= 15 is 0 Å². The molecule has 1 fully saturated rings. The lowest BCUT2D eigenvalue weighted by molar-refractivity contribution is -0.148. The monoisotopic (exact) mass is 171 g/mol. The summed E-state index contributed by atoms with van der Waals surface area (Å²) >= 11 is 0. The highest BCUT2D eigenvalue weighted by Gasteiger charge is 2.22. The van der Waals surface area contributed by atoms with Crippen LogP contribution in [0.1, 0.15) is 26.2 Å². The fourth-order valence-electron chi connectivity index (χ4n) is 1.44. The van der Waals surface area contributed by atoms with E-state index in [0.717, 1.165) is 25.9 Å². The van der Waals surface area contributed by atoms with Gasteiger partial charge in [0, 0.05) is 19.5 Å². The number of hydrogen-bond donors (Lipinski definition) is 0. The van der Waals surface area contributed by atoms with E-state index in [-0.39, 0.29) is 12.1 Å². The van der Waals surface area contributed by atoms with Crippen LogP contribution in [-0.2, 0) is 9.53 Å². The summed E-state index contributed by atoms with van der Waals surface area (Å²) in [5.74, 6) is -0.0437. The maximum atomic E-state index is 11.1. The highest BCUT2D eigenvalue weighted by atomic mass is 16.5. The average molecular weight is 171 g/mol. The van der Waals surface area contributed by atoms with Gasteiger partial charge in [-0.15, -0.1) is 0 Å². The van der Waals surface area contributed by atoms with Crippen molar-refractivity contribution in [2.45, 2.75) is 32.3 Å². The fraction of sp³-hybridized carbons (Fsp3) is 0.889. The Morgan fingerprint density at radius 2 is 2.42 bits per heavy atom. The van der Waals surface area contributed by atoms with Gasteiger partial charge in [-0.3, -0.25) is 4.79 Å². The summed E-state index contributed by atoms with van der Waals surface area (Å²) in [6.45, 7) is 3.93. The first-order valence-corrected chi connectivity index (χ1v) is 4.60. The minimum absolute atomic E-state index is 0.0437. The molecule has 0 unspecified atom stereocenters. The second kappa shape index (κ2) is 4.45. The Balaban J connectivity index is 2.18. The van der Waals surface area contributed by atoms with Crippen LogP contribution in [0, 0.1) is 0 Å². The lowest BCUT2D eigenvalue weighted by Crippen LogP contribution is -2.21. The fourth-order valence-corrected chi connectivity index (χ4v) is 1.44. The molecule has 1 aliphatic rings. The van der Waals surface area contributed by atoms with Crippen molar-refractivity contribution >= 4 is 5.97 Å². The Kier molecular flexibility index (Phi) is 3.53. The number of carbonyl (C=O) groups excluding carboxylic acids is 1. The highest BCUT2D eigenvalue weighted by molar-refractivity contribution is 5.69. The number of ether oxygens (including phenoxy) is 1. The molecule has 0 saturated carbocycles. The van der Waals surface area contributed by atoms with Crippen molar-refractivity contribution in [2.75, 3.05) is 20.1 Å². The largest absolute Gasteiger partial charge is 0.461 e. The van der Waals surface area contributed by atoms with Gasteiger partial charge in [0.05, 0.1) is 0 Å². The van der Waals surface area contributed by atoms with Crippen LogP contribution in [0.25, 0.3) is 0 Å². The summed E-state index contributed by atoms with van der Waals surface area (Å²) in [6, 6.07) is 0. The number of hydrogen-bond acceptors (Lipinski definition) is 3. The predicted octanol–water partition coefficient (Wildman–Crippen LogP) is 1.03. The molecule has 0 spiro atoms. The molecule has 0 amide bonds. The standard InChI is InChI=1S/C9H17NO2/c1-3-4-9(11)12-8-5-6-10(2)7-8/h8H,3-7H2,1-2H3/t8-/m1/s1. The first-order valence-electron chi connectivity index (χ1n) is 4.60. The van der Waals surface area contributed by atoms with Gasteiger partial charge in [-0.25, -0.2) is 0 Å². The minimum atomic E-state index is -0.0437. The average Bonchev–Trinajstić information content (AvgIpc) is 2.36. The van der Waals surface area contributed by atoms with E-state index in [1.165, 1.54) is 0 Å². The molecule has 0 N–H and O–H groups in total. The van der Waals surface area contributed by atoms with Crippen molar-refractivity contribution in [1.29, 1.82) is 0 Å². The van der Waals surface area contributed by atoms with E-state index < -0.39 is 0 Å². The van der Waals surface area contributed by atoms with Crippen molar-refractivity contribution in [2.24, 2.45) is 0 Å². The number of rotatable bonds is 3. The molecule has 1 aliphatic heterocycles. The quantitative estimate of drug-likeness (QED) is 0.594. The molecule has 3 nitrogen and oxygen atoms in total. The summed E-state index contributed by atoms with van der Waals surface area (Å²) in [5, 5.41) is 0. The summed E-state index contributed by atoms with van der Waals surface area (Å²) in [5.41, 5.74) is 0. The first kappa shape index (κ1) is 9.52. The predicted molar refractivity (Wildman–Crippen MR) is 46.9 cm³/mol. The van der Waals surface area contributed by atoms with Crippen LogP contribution < -0.4 is 0 Å². The van der Waals surface area contributed by atoms with E-state index in [9.17, 15) is 4.79 Å². The minimum Gasteiger partial charge on any atom is -0.461 e. The van der Waals surface area contributed by atoms with Gasteiger partial charge in [-0.2, -0.15) is 0 Å². The molecule has 70 valence electrons. The molecule has 0 aromatic carbocycles.